The molecule has 1 N–H and O–H groups in total. The molecule has 0 radical (unpaired) electrons. The zero-order chi connectivity index (χ0) is 7.21. The fraction of sp³-hybridized carbons (Fsp3) is 1.00. The normalized spacial score (nSPS) is 9.88. The average molecular weight is 260 g/mol. The molecule has 0 bridgehead atoms. The van der Waals surface area contributed by atoms with Crippen molar-refractivity contribution < 1.29 is 43.2 Å². The van der Waals surface area contributed by atoms with Crippen molar-refractivity contribution in [3.8, 4) is 0 Å². The van der Waals surface area contributed by atoms with Crippen LogP contribution < -0.4 is 0 Å². The molecule has 0 saturated heterocycles. The van der Waals surface area contributed by atoms with E-state index in [9.17, 15) is 0 Å². The van der Waals surface area contributed by atoms with Crippen LogP contribution in [0.5, 0.6) is 0 Å². The Balaban J connectivity index is 0. The maximum atomic E-state index is 8.46. The quantitative estimate of drug-likeness (QED) is 0.676. The van der Waals surface area contributed by atoms with Crippen molar-refractivity contribution in [1.29, 1.82) is 0 Å². The van der Waals surface area contributed by atoms with Crippen LogP contribution in [0.1, 0.15) is 20.8 Å². The fourth-order valence-electron chi connectivity index (χ4n) is 0. The number of hydrogen-bond donors (Lipinski definition) is 1. The van der Waals surface area contributed by atoms with Gasteiger partial charge >= 0.3 is 65.0 Å². The Morgan fingerprint density at radius 2 is 1.50 bits per heavy atom. The Bertz CT molecular complexity index is 53.5. The molecule has 0 atom stereocenters. The van der Waals surface area contributed by atoms with E-state index < -0.39 is 8.69 Å². The zero-order valence-electron chi connectivity index (χ0n) is 5.38. The molecule has 0 heterocycles. The molecule has 0 amide bonds. The zero-order valence-corrected chi connectivity index (χ0v) is 9.90. The summed E-state index contributed by atoms with van der Waals surface area (Å²) in [5.41, 5.74) is 0. The van der Waals surface area contributed by atoms with Crippen LogP contribution in [0.25, 0.3) is 0 Å². The van der Waals surface area contributed by atoms with Crippen LogP contribution in [0, 0.1) is 33.7 Å². The Hall–Kier alpha value is 1.25. The smallest absolute Gasteiger partial charge is 0.310 e. The fourth-order valence-corrected chi connectivity index (χ4v) is 0. The summed E-state index contributed by atoms with van der Waals surface area (Å²) in [4.78, 5) is 6.99. The molecule has 0 unspecified atom stereocenters. The Morgan fingerprint density at radius 3 is 1.50 bits per heavy atom. The van der Waals surface area contributed by atoms with E-state index in [1.54, 1.807) is 0 Å². The van der Waals surface area contributed by atoms with Gasteiger partial charge in [-0.05, 0) is 0 Å². The van der Waals surface area contributed by atoms with Gasteiger partial charge in [0.2, 0.25) is 0 Å². The van der Waals surface area contributed by atoms with Gasteiger partial charge < -0.3 is 4.89 Å². The molecule has 0 aromatic rings. The maximum absolute atomic E-state index is 8.46. The van der Waals surface area contributed by atoms with Crippen LogP contribution in [0.4, 0.5) is 0 Å². The van der Waals surface area contributed by atoms with Crippen molar-refractivity contribution >= 4 is 8.69 Å². The van der Waals surface area contributed by atoms with E-state index in [0.29, 0.717) is 1.82 Å². The minimum Gasteiger partial charge on any atom is -0.310 e. The van der Waals surface area contributed by atoms with Crippen molar-refractivity contribution in [2.75, 3.05) is 0 Å². The molecule has 0 aliphatic rings. The summed E-state index contributed by atoms with van der Waals surface area (Å²) in [5.74, 6) is 0. The second-order valence-electron chi connectivity index (χ2n) is 2.45. The van der Waals surface area contributed by atoms with E-state index in [0.717, 1.165) is 33.7 Å². The van der Waals surface area contributed by atoms with Crippen LogP contribution in [0.2, 0.25) is 1.82 Å². The van der Waals surface area contributed by atoms with Crippen molar-refractivity contribution in [2.24, 2.45) is 0 Å². The molecule has 0 aromatic heterocycles. The first-order chi connectivity index (χ1) is 3.41. The molecule has 0 fully saturated rings. The van der Waals surface area contributed by atoms with E-state index in [1.807, 2.05) is 0 Å². The topological polar surface area (TPSA) is 37.3 Å². The first-order valence-electron chi connectivity index (χ1n) is 2.17. The second kappa shape index (κ2) is 6.38. The minimum absolute atomic E-state index is 0.667. The molecule has 0 aliphatic heterocycles. The van der Waals surface area contributed by atoms with E-state index >= 15 is 0 Å². The predicted octanol–water partition coefficient (Wildman–Crippen LogP) is 1.94. The largest absolute Gasteiger partial charge is 0.324 e. The van der Waals surface area contributed by atoms with Crippen LogP contribution in [-0.4, -0.2) is 4.89 Å². The van der Waals surface area contributed by atoms with Gasteiger partial charge in [0.1, 0.15) is 0 Å². The maximum Gasteiger partial charge on any atom is 0.324 e. The monoisotopic (exact) mass is 260 g/mol. The Labute approximate surface area is 74.0 Å². The van der Waals surface area contributed by atoms with Gasteiger partial charge in [0, 0.05) is 0 Å². The molecule has 46 valence electrons. The van der Waals surface area contributed by atoms with Gasteiger partial charge in [0.05, 0.1) is 0 Å². The molecule has 0 saturated carbocycles. The summed E-state index contributed by atoms with van der Waals surface area (Å²) < 4.78 is 9.12. The third-order valence-electron chi connectivity index (χ3n) is 0. The SMILES string of the molecule is C[C](C)(C)[La].O=PO. The van der Waals surface area contributed by atoms with Crippen LogP contribution in [-0.2, 0) is 4.57 Å². The molecule has 0 aliphatic carbocycles. The van der Waals surface area contributed by atoms with E-state index in [-0.39, 0.29) is 0 Å². The summed E-state index contributed by atoms with van der Waals surface area (Å²) in [6, 6.07) is 0. The summed E-state index contributed by atoms with van der Waals surface area (Å²) >= 11 is 1.13. The van der Waals surface area contributed by atoms with Gasteiger partial charge in [0.15, 0.2) is 0 Å². The van der Waals surface area contributed by atoms with E-state index in [1.165, 1.54) is 0 Å². The molecule has 8 heavy (non-hydrogen) atoms. The molecule has 0 spiro atoms. The van der Waals surface area contributed by atoms with Gasteiger partial charge in [-0.1, -0.05) is 0 Å². The predicted molar refractivity (Wildman–Crippen MR) is 29.5 cm³/mol. The van der Waals surface area contributed by atoms with Crippen molar-refractivity contribution in [3.05, 3.63) is 0 Å². The van der Waals surface area contributed by atoms with Crippen molar-refractivity contribution in [2.45, 2.75) is 22.6 Å². The molecule has 0 aromatic carbocycles. The first kappa shape index (κ1) is 12.0. The van der Waals surface area contributed by atoms with Gasteiger partial charge in [0.25, 0.3) is 0 Å². The van der Waals surface area contributed by atoms with Gasteiger partial charge in [-0.15, -0.1) is 0 Å². The van der Waals surface area contributed by atoms with Gasteiger partial charge in [-0.2, -0.15) is 0 Å². The third kappa shape index (κ3) is 180. The van der Waals surface area contributed by atoms with Gasteiger partial charge in [-0.3, -0.25) is 0 Å². The molecule has 0 rings (SSSR count). The standard InChI is InChI=1S/C4H9.La.HO2P/c1-4(2)3;;1-3-2/h1-3H3;;(H,1,2). The molecular weight excluding hydrogens is 250 g/mol. The minimum atomic E-state index is -0.833. The summed E-state index contributed by atoms with van der Waals surface area (Å²) in [5, 5.41) is 0. The van der Waals surface area contributed by atoms with E-state index in [4.69, 9.17) is 9.46 Å². The Morgan fingerprint density at radius 1 is 1.50 bits per heavy atom. The first-order valence-corrected chi connectivity index (χ1v) is 4.75. The summed E-state index contributed by atoms with van der Waals surface area (Å²) in [7, 11) is -0.833. The molecular formula is C4H10LaO2P. The summed E-state index contributed by atoms with van der Waals surface area (Å²) in [6.07, 6.45) is 0. The van der Waals surface area contributed by atoms with Crippen LogP contribution in [0.15, 0.2) is 0 Å². The Kier molecular flexibility index (Phi) is 9.55. The summed E-state index contributed by atoms with van der Waals surface area (Å²) in [6.45, 7) is 6.78. The van der Waals surface area contributed by atoms with Gasteiger partial charge in [-0.25, -0.2) is 4.57 Å². The average Bonchev–Trinajstić information content (AvgIpc) is 1.27. The van der Waals surface area contributed by atoms with Crippen molar-refractivity contribution in [3.63, 3.8) is 0 Å². The van der Waals surface area contributed by atoms with Crippen LogP contribution in [0.3, 0.4) is 0 Å². The van der Waals surface area contributed by atoms with Crippen molar-refractivity contribution in [1.82, 2.24) is 0 Å². The van der Waals surface area contributed by atoms with Crippen LogP contribution >= 0.6 is 8.69 Å². The molecule has 4 heteroatoms. The third-order valence-corrected chi connectivity index (χ3v) is 0. The van der Waals surface area contributed by atoms with E-state index in [2.05, 4.69) is 20.8 Å². The molecule has 2 nitrogen and oxygen atoms in total. The second-order valence-corrected chi connectivity index (χ2v) is 8.05. The number of rotatable bonds is 0. The number of hydrogen-bond acceptors (Lipinski definition) is 1.